The van der Waals surface area contributed by atoms with Gasteiger partial charge in [0.15, 0.2) is 17.0 Å². The summed E-state index contributed by atoms with van der Waals surface area (Å²) in [6.07, 6.45) is -3.55. The van der Waals surface area contributed by atoms with Crippen molar-refractivity contribution in [1.29, 1.82) is 0 Å². The maximum absolute atomic E-state index is 12.9. The molecular formula is C19H11BrF3N3O4S. The van der Waals surface area contributed by atoms with Crippen LogP contribution < -0.4 is 9.46 Å². The molecule has 0 fully saturated rings. The van der Waals surface area contributed by atoms with Gasteiger partial charge in [0.2, 0.25) is 5.89 Å². The number of alkyl halides is 3. The van der Waals surface area contributed by atoms with E-state index in [1.54, 1.807) is 30.3 Å². The minimum Gasteiger partial charge on any atom is -0.434 e. The molecule has 7 nitrogen and oxygen atoms in total. The molecule has 4 aromatic rings. The van der Waals surface area contributed by atoms with Crippen molar-refractivity contribution in [3.8, 4) is 17.2 Å². The van der Waals surface area contributed by atoms with Crippen LogP contribution >= 0.6 is 15.9 Å². The van der Waals surface area contributed by atoms with E-state index in [1.807, 2.05) is 0 Å². The molecular weight excluding hydrogens is 503 g/mol. The van der Waals surface area contributed by atoms with Crippen molar-refractivity contribution in [1.82, 2.24) is 9.97 Å². The molecule has 160 valence electrons. The second kappa shape index (κ2) is 7.85. The number of para-hydroxylation sites is 1. The Morgan fingerprint density at radius 1 is 1.06 bits per heavy atom. The lowest BCUT2D eigenvalue weighted by Crippen LogP contribution is -2.21. The van der Waals surface area contributed by atoms with Crippen LogP contribution in [0.5, 0.6) is 5.75 Å². The van der Waals surface area contributed by atoms with Gasteiger partial charge in [-0.05, 0) is 42.5 Å². The molecule has 0 spiro atoms. The standard InChI is InChI=1S/C19H11BrF3N3O4S/c20-11-7-8-16(15(10-11)30-19(21,22)23)31(27,28)26-13-5-2-1-4-12(13)18-25-17-14(29-18)6-3-9-24-17/h1-10,26H. The molecule has 0 aliphatic heterocycles. The number of nitrogens with one attached hydrogen (secondary N) is 1. The van der Waals surface area contributed by atoms with E-state index in [0.717, 1.165) is 12.1 Å². The number of benzene rings is 2. The first-order valence-electron chi connectivity index (χ1n) is 8.51. The molecule has 1 N–H and O–H groups in total. The summed E-state index contributed by atoms with van der Waals surface area (Å²) in [7, 11) is -4.47. The molecule has 0 saturated heterocycles. The normalized spacial score (nSPS) is 12.1. The summed E-state index contributed by atoms with van der Waals surface area (Å²) in [4.78, 5) is 7.60. The fourth-order valence-corrected chi connectivity index (χ4v) is 4.28. The van der Waals surface area contributed by atoms with Gasteiger partial charge in [0.1, 0.15) is 4.90 Å². The van der Waals surface area contributed by atoms with E-state index in [0.29, 0.717) is 11.2 Å². The lowest BCUT2D eigenvalue weighted by Gasteiger charge is -2.16. The molecule has 12 heteroatoms. The lowest BCUT2D eigenvalue weighted by atomic mass is 10.2. The van der Waals surface area contributed by atoms with Gasteiger partial charge in [0.05, 0.1) is 11.3 Å². The van der Waals surface area contributed by atoms with Gasteiger partial charge in [-0.2, -0.15) is 4.98 Å². The van der Waals surface area contributed by atoms with Crippen molar-refractivity contribution in [2.45, 2.75) is 11.3 Å². The molecule has 2 aromatic carbocycles. The molecule has 0 radical (unpaired) electrons. The van der Waals surface area contributed by atoms with E-state index in [2.05, 4.69) is 35.4 Å². The van der Waals surface area contributed by atoms with Gasteiger partial charge in [0.25, 0.3) is 10.0 Å². The zero-order chi connectivity index (χ0) is 22.2. The summed E-state index contributed by atoms with van der Waals surface area (Å²) >= 11 is 3.01. The Labute approximate surface area is 182 Å². The highest BCUT2D eigenvalue weighted by Crippen LogP contribution is 2.35. The quantitative estimate of drug-likeness (QED) is 0.386. The van der Waals surface area contributed by atoms with Gasteiger partial charge in [-0.15, -0.1) is 13.2 Å². The van der Waals surface area contributed by atoms with Crippen molar-refractivity contribution in [2.75, 3.05) is 4.72 Å². The second-order valence-electron chi connectivity index (χ2n) is 6.13. The summed E-state index contributed by atoms with van der Waals surface area (Å²) in [6.45, 7) is 0. The third kappa shape index (κ3) is 4.64. The van der Waals surface area contributed by atoms with Crippen LogP contribution in [-0.4, -0.2) is 24.7 Å². The number of nitrogens with zero attached hydrogens (tertiary/aromatic N) is 2. The summed E-state index contributed by atoms with van der Waals surface area (Å²) < 4.78 is 76.2. The summed E-state index contributed by atoms with van der Waals surface area (Å²) in [5.41, 5.74) is 1.04. The van der Waals surface area contributed by atoms with E-state index >= 15 is 0 Å². The number of ether oxygens (including phenoxy) is 1. The molecule has 0 aliphatic carbocycles. The number of pyridine rings is 1. The number of hydrogen-bond acceptors (Lipinski definition) is 6. The highest BCUT2D eigenvalue weighted by atomic mass is 79.9. The topological polar surface area (TPSA) is 94.3 Å². The molecule has 0 bridgehead atoms. The first-order valence-corrected chi connectivity index (χ1v) is 10.8. The number of anilines is 1. The van der Waals surface area contributed by atoms with E-state index in [-0.39, 0.29) is 21.6 Å². The third-order valence-electron chi connectivity index (χ3n) is 3.99. The highest BCUT2D eigenvalue weighted by molar-refractivity contribution is 9.10. The summed E-state index contributed by atoms with van der Waals surface area (Å²) in [6, 6.07) is 12.7. The van der Waals surface area contributed by atoms with Crippen LogP contribution in [-0.2, 0) is 10.0 Å². The minimum absolute atomic E-state index is 0.0509. The Kier molecular flexibility index (Phi) is 5.35. The maximum Gasteiger partial charge on any atom is 0.573 e. The average Bonchev–Trinajstić information content (AvgIpc) is 3.10. The Bertz CT molecular complexity index is 1340. The number of halogens is 4. The fourth-order valence-electron chi connectivity index (χ4n) is 2.75. The Balaban J connectivity index is 1.75. The largest absolute Gasteiger partial charge is 0.573 e. The van der Waals surface area contributed by atoms with E-state index < -0.39 is 27.0 Å². The zero-order valence-corrected chi connectivity index (χ0v) is 17.6. The van der Waals surface area contributed by atoms with Gasteiger partial charge in [-0.25, -0.2) is 13.4 Å². The Morgan fingerprint density at radius 3 is 2.58 bits per heavy atom. The van der Waals surface area contributed by atoms with Crippen LogP contribution in [0.4, 0.5) is 18.9 Å². The van der Waals surface area contributed by atoms with Gasteiger partial charge in [0, 0.05) is 10.7 Å². The molecule has 0 atom stereocenters. The van der Waals surface area contributed by atoms with Crippen LogP contribution in [0.2, 0.25) is 0 Å². The Morgan fingerprint density at radius 2 is 1.84 bits per heavy atom. The van der Waals surface area contributed by atoms with Crippen molar-refractivity contribution in [3.63, 3.8) is 0 Å². The molecule has 2 heterocycles. The number of sulfonamides is 1. The molecule has 4 rings (SSSR count). The molecule has 0 aliphatic rings. The number of rotatable bonds is 5. The number of fused-ring (bicyclic) bond motifs is 1. The molecule has 31 heavy (non-hydrogen) atoms. The van der Waals surface area contributed by atoms with Gasteiger partial charge in [-0.1, -0.05) is 28.1 Å². The van der Waals surface area contributed by atoms with Crippen LogP contribution in [0.3, 0.4) is 0 Å². The van der Waals surface area contributed by atoms with Crippen molar-refractivity contribution >= 4 is 42.9 Å². The Hall–Kier alpha value is -3.12. The third-order valence-corrected chi connectivity index (χ3v) is 5.89. The van der Waals surface area contributed by atoms with E-state index in [1.165, 1.54) is 18.3 Å². The van der Waals surface area contributed by atoms with Crippen LogP contribution in [0.1, 0.15) is 0 Å². The monoisotopic (exact) mass is 513 g/mol. The van der Waals surface area contributed by atoms with E-state index in [4.69, 9.17) is 4.42 Å². The highest BCUT2D eigenvalue weighted by Gasteiger charge is 2.34. The smallest absolute Gasteiger partial charge is 0.434 e. The minimum atomic E-state index is -5.08. The van der Waals surface area contributed by atoms with E-state index in [9.17, 15) is 21.6 Å². The van der Waals surface area contributed by atoms with Crippen molar-refractivity contribution < 1.29 is 30.7 Å². The zero-order valence-electron chi connectivity index (χ0n) is 15.2. The van der Waals surface area contributed by atoms with Crippen LogP contribution in [0.15, 0.2) is 74.6 Å². The summed E-state index contributed by atoms with van der Waals surface area (Å²) in [5.74, 6) is -0.785. The molecule has 0 saturated carbocycles. The van der Waals surface area contributed by atoms with Crippen molar-refractivity contribution in [3.05, 3.63) is 65.3 Å². The average molecular weight is 514 g/mol. The second-order valence-corrected chi connectivity index (χ2v) is 8.70. The first-order chi connectivity index (χ1) is 14.6. The number of oxazole rings is 1. The van der Waals surface area contributed by atoms with Crippen LogP contribution in [0.25, 0.3) is 22.7 Å². The first kappa shape index (κ1) is 21.1. The fraction of sp³-hybridized carbons (Fsp3) is 0.0526. The van der Waals surface area contributed by atoms with Crippen molar-refractivity contribution in [2.24, 2.45) is 0 Å². The van der Waals surface area contributed by atoms with Gasteiger partial charge >= 0.3 is 6.36 Å². The molecule has 0 unspecified atom stereocenters. The predicted molar refractivity (Wildman–Crippen MR) is 109 cm³/mol. The number of aromatic nitrogens is 2. The maximum atomic E-state index is 12.9. The predicted octanol–water partition coefficient (Wildman–Crippen LogP) is 5.35. The van der Waals surface area contributed by atoms with Crippen LogP contribution in [0, 0.1) is 0 Å². The summed E-state index contributed by atoms with van der Waals surface area (Å²) in [5, 5.41) is 0. The molecule has 2 aromatic heterocycles. The molecule has 0 amide bonds. The SMILES string of the molecule is O=S(=O)(Nc1ccccc1-c1nc2ncccc2o1)c1ccc(Br)cc1OC(F)(F)F. The lowest BCUT2D eigenvalue weighted by molar-refractivity contribution is -0.275. The van der Waals surface area contributed by atoms with Gasteiger partial charge < -0.3 is 9.15 Å². The van der Waals surface area contributed by atoms with Gasteiger partial charge in [-0.3, -0.25) is 4.72 Å². The number of hydrogen-bond donors (Lipinski definition) is 1.